The largest absolute Gasteiger partial charge is 0.480 e. The first-order valence-corrected chi connectivity index (χ1v) is 6.61. The number of carbonyl (C=O) groups excluding carboxylic acids is 1. The second-order valence-electron chi connectivity index (χ2n) is 5.50. The van der Waals surface area contributed by atoms with E-state index in [9.17, 15) is 14.7 Å². The van der Waals surface area contributed by atoms with Gasteiger partial charge in [0.15, 0.2) is 0 Å². The van der Waals surface area contributed by atoms with Crippen molar-refractivity contribution >= 4 is 12.0 Å². The van der Waals surface area contributed by atoms with Crippen molar-refractivity contribution in [1.29, 1.82) is 0 Å². The van der Waals surface area contributed by atoms with Gasteiger partial charge in [0.25, 0.3) is 0 Å². The lowest BCUT2D eigenvalue weighted by Crippen LogP contribution is -2.47. The van der Waals surface area contributed by atoms with E-state index >= 15 is 0 Å². The molecule has 2 aliphatic heterocycles. The molecule has 108 valence electrons. The van der Waals surface area contributed by atoms with Crippen molar-refractivity contribution in [2.75, 3.05) is 33.2 Å². The quantitative estimate of drug-likeness (QED) is 0.623. The number of aliphatic carboxylic acids is 1. The van der Waals surface area contributed by atoms with Crippen molar-refractivity contribution in [2.45, 2.75) is 25.0 Å². The number of carboxylic acids is 1. The fraction of sp³-hybridized carbons (Fsp3) is 0.833. The molecular weight excluding hydrogens is 250 g/mol. The van der Waals surface area contributed by atoms with Gasteiger partial charge < -0.3 is 25.3 Å². The van der Waals surface area contributed by atoms with Crippen molar-refractivity contribution < 1.29 is 19.8 Å². The average Bonchev–Trinajstić information content (AvgIpc) is 2.92. The number of hydrogen-bond acceptors (Lipinski definition) is 4. The molecule has 3 N–H and O–H groups in total. The molecule has 2 amide bonds. The van der Waals surface area contributed by atoms with Gasteiger partial charge in [-0.25, -0.2) is 9.59 Å². The zero-order chi connectivity index (χ0) is 14.0. The minimum atomic E-state index is -1.06. The number of β-amino-alcohol motifs (C(OH)–C–C–N with tert-alkyl or cyclic N) is 1. The molecule has 0 aromatic heterocycles. The summed E-state index contributed by atoms with van der Waals surface area (Å²) in [5.41, 5.74) is 0. The normalized spacial score (nSPS) is 31.7. The molecule has 7 nitrogen and oxygen atoms in total. The van der Waals surface area contributed by atoms with E-state index in [2.05, 4.69) is 10.2 Å². The van der Waals surface area contributed by atoms with E-state index in [1.165, 1.54) is 4.90 Å². The van der Waals surface area contributed by atoms with Crippen molar-refractivity contribution in [3.05, 3.63) is 0 Å². The number of carbonyl (C=O) groups is 2. The van der Waals surface area contributed by atoms with Gasteiger partial charge in [0, 0.05) is 26.1 Å². The van der Waals surface area contributed by atoms with Crippen LogP contribution in [0.15, 0.2) is 0 Å². The van der Waals surface area contributed by atoms with Crippen LogP contribution >= 0.6 is 0 Å². The third-order valence-corrected chi connectivity index (χ3v) is 3.86. The Kier molecular flexibility index (Phi) is 4.26. The molecule has 0 aromatic rings. The predicted molar refractivity (Wildman–Crippen MR) is 67.8 cm³/mol. The molecule has 0 bridgehead atoms. The zero-order valence-corrected chi connectivity index (χ0v) is 11.1. The zero-order valence-electron chi connectivity index (χ0n) is 11.1. The van der Waals surface area contributed by atoms with Crippen molar-refractivity contribution in [3.8, 4) is 0 Å². The fourth-order valence-corrected chi connectivity index (χ4v) is 2.80. The summed E-state index contributed by atoms with van der Waals surface area (Å²) in [7, 11) is 2.04. The SMILES string of the molecule is CN1CCC(CNC(=O)N2CC(O)C[C@H]2C(=O)O)C1. The van der Waals surface area contributed by atoms with Gasteiger partial charge in [0.05, 0.1) is 6.10 Å². The van der Waals surface area contributed by atoms with Crippen LogP contribution in [-0.2, 0) is 4.79 Å². The Labute approximate surface area is 112 Å². The number of amides is 2. The molecule has 2 aliphatic rings. The monoisotopic (exact) mass is 271 g/mol. The lowest BCUT2D eigenvalue weighted by Gasteiger charge is -2.22. The number of urea groups is 1. The lowest BCUT2D eigenvalue weighted by molar-refractivity contribution is -0.141. The van der Waals surface area contributed by atoms with Crippen molar-refractivity contribution in [2.24, 2.45) is 5.92 Å². The summed E-state index contributed by atoms with van der Waals surface area (Å²) >= 11 is 0. The van der Waals surface area contributed by atoms with E-state index in [1.807, 2.05) is 7.05 Å². The highest BCUT2D eigenvalue weighted by atomic mass is 16.4. The summed E-state index contributed by atoms with van der Waals surface area (Å²) in [5.74, 6) is -0.642. The van der Waals surface area contributed by atoms with E-state index in [4.69, 9.17) is 5.11 Å². The van der Waals surface area contributed by atoms with Gasteiger partial charge in [-0.15, -0.1) is 0 Å². The number of aliphatic hydroxyl groups is 1. The number of rotatable bonds is 3. The van der Waals surface area contributed by atoms with E-state index in [1.54, 1.807) is 0 Å². The molecule has 0 saturated carbocycles. The van der Waals surface area contributed by atoms with Crippen LogP contribution in [0.25, 0.3) is 0 Å². The van der Waals surface area contributed by atoms with E-state index in [0.717, 1.165) is 19.5 Å². The summed E-state index contributed by atoms with van der Waals surface area (Å²) in [4.78, 5) is 26.4. The minimum absolute atomic E-state index is 0.0906. The Bertz CT molecular complexity index is 363. The first kappa shape index (κ1) is 14.1. The maximum absolute atomic E-state index is 12.0. The Morgan fingerprint density at radius 1 is 1.37 bits per heavy atom. The summed E-state index contributed by atoms with van der Waals surface area (Å²) < 4.78 is 0. The minimum Gasteiger partial charge on any atom is -0.480 e. The Morgan fingerprint density at radius 3 is 2.68 bits per heavy atom. The van der Waals surface area contributed by atoms with Crippen LogP contribution in [0.5, 0.6) is 0 Å². The maximum atomic E-state index is 12.0. The maximum Gasteiger partial charge on any atom is 0.326 e. The summed E-state index contributed by atoms with van der Waals surface area (Å²) in [6.45, 7) is 2.63. The highest BCUT2D eigenvalue weighted by Gasteiger charge is 2.39. The van der Waals surface area contributed by atoms with E-state index < -0.39 is 24.1 Å². The fourth-order valence-electron chi connectivity index (χ4n) is 2.80. The molecule has 2 heterocycles. The molecule has 7 heteroatoms. The topological polar surface area (TPSA) is 93.1 Å². The van der Waals surface area contributed by atoms with Gasteiger partial charge in [-0.1, -0.05) is 0 Å². The lowest BCUT2D eigenvalue weighted by atomic mass is 10.1. The molecule has 19 heavy (non-hydrogen) atoms. The van der Waals surface area contributed by atoms with Crippen LogP contribution < -0.4 is 5.32 Å². The van der Waals surface area contributed by atoms with Crippen LogP contribution in [0.3, 0.4) is 0 Å². The molecule has 2 fully saturated rings. The smallest absolute Gasteiger partial charge is 0.326 e. The van der Waals surface area contributed by atoms with Gasteiger partial charge in [-0.05, 0) is 25.9 Å². The molecule has 3 atom stereocenters. The van der Waals surface area contributed by atoms with Gasteiger partial charge in [-0.3, -0.25) is 0 Å². The number of hydrogen-bond donors (Lipinski definition) is 3. The second kappa shape index (κ2) is 5.75. The van der Waals surface area contributed by atoms with Crippen LogP contribution in [0.4, 0.5) is 4.79 Å². The van der Waals surface area contributed by atoms with Crippen molar-refractivity contribution in [1.82, 2.24) is 15.1 Å². The molecular formula is C12H21N3O4. The average molecular weight is 271 g/mol. The van der Waals surface area contributed by atoms with Gasteiger partial charge in [0.1, 0.15) is 6.04 Å². The number of aliphatic hydroxyl groups excluding tert-OH is 1. The standard InChI is InChI=1S/C12H21N3O4/c1-14-3-2-8(6-14)5-13-12(19)15-7-9(16)4-10(15)11(17)18/h8-10,16H,2-7H2,1H3,(H,13,19)(H,17,18)/t8?,9?,10-/m0/s1. The third kappa shape index (κ3) is 3.36. The Balaban J connectivity index is 1.83. The van der Waals surface area contributed by atoms with E-state index in [-0.39, 0.29) is 13.0 Å². The van der Waals surface area contributed by atoms with Crippen LogP contribution in [0, 0.1) is 5.92 Å². The highest BCUT2D eigenvalue weighted by Crippen LogP contribution is 2.18. The summed E-state index contributed by atoms with van der Waals surface area (Å²) in [5, 5.41) is 21.3. The number of likely N-dealkylation sites (tertiary alicyclic amines) is 2. The van der Waals surface area contributed by atoms with Crippen molar-refractivity contribution in [3.63, 3.8) is 0 Å². The molecule has 2 saturated heterocycles. The first-order valence-electron chi connectivity index (χ1n) is 6.61. The van der Waals surface area contributed by atoms with Crippen LogP contribution in [-0.4, -0.2) is 77.4 Å². The molecule has 0 radical (unpaired) electrons. The molecule has 0 aromatic carbocycles. The molecule has 2 unspecified atom stereocenters. The Hall–Kier alpha value is -1.34. The van der Waals surface area contributed by atoms with Gasteiger partial charge in [0.2, 0.25) is 0 Å². The number of nitrogens with zero attached hydrogens (tertiary/aromatic N) is 2. The van der Waals surface area contributed by atoms with Gasteiger partial charge in [-0.2, -0.15) is 0 Å². The van der Waals surface area contributed by atoms with Crippen LogP contribution in [0.2, 0.25) is 0 Å². The summed E-state index contributed by atoms with van der Waals surface area (Å²) in [6, 6.07) is -1.31. The van der Waals surface area contributed by atoms with Crippen LogP contribution in [0.1, 0.15) is 12.8 Å². The second-order valence-corrected chi connectivity index (χ2v) is 5.50. The van der Waals surface area contributed by atoms with Gasteiger partial charge >= 0.3 is 12.0 Å². The highest BCUT2D eigenvalue weighted by molar-refractivity contribution is 5.83. The predicted octanol–water partition coefficient (Wildman–Crippen LogP) is -0.832. The first-order chi connectivity index (χ1) is 8.97. The molecule has 2 rings (SSSR count). The number of carboxylic acid groups (broad SMARTS) is 1. The molecule has 0 aliphatic carbocycles. The van der Waals surface area contributed by atoms with E-state index in [0.29, 0.717) is 12.5 Å². The summed E-state index contributed by atoms with van der Waals surface area (Å²) in [6.07, 6.45) is 0.404. The Morgan fingerprint density at radius 2 is 2.11 bits per heavy atom. The number of nitrogens with one attached hydrogen (secondary N) is 1. The third-order valence-electron chi connectivity index (χ3n) is 3.86. The molecule has 0 spiro atoms.